The molecule has 3 rings (SSSR count). The van der Waals surface area contributed by atoms with Crippen molar-refractivity contribution in [1.29, 1.82) is 0 Å². The molecule has 0 fully saturated rings. The van der Waals surface area contributed by atoms with E-state index in [9.17, 15) is 18.8 Å². The van der Waals surface area contributed by atoms with Gasteiger partial charge in [0, 0.05) is 17.4 Å². The van der Waals surface area contributed by atoms with Gasteiger partial charge in [-0.25, -0.2) is 4.39 Å². The van der Waals surface area contributed by atoms with Crippen LogP contribution in [0.4, 0.5) is 21.8 Å². The zero-order valence-corrected chi connectivity index (χ0v) is 16.5. The predicted octanol–water partition coefficient (Wildman–Crippen LogP) is 1.49. The van der Waals surface area contributed by atoms with Crippen molar-refractivity contribution in [2.24, 2.45) is 11.5 Å². The minimum atomic E-state index is -1.00. The summed E-state index contributed by atoms with van der Waals surface area (Å²) in [5, 5.41) is 5.56. The molecule has 0 aliphatic rings. The number of benzene rings is 1. The highest BCUT2D eigenvalue weighted by atomic mass is 19.1. The Morgan fingerprint density at radius 2 is 2.00 bits per heavy atom. The van der Waals surface area contributed by atoms with Crippen molar-refractivity contribution in [3.8, 4) is 11.3 Å². The number of anilines is 3. The smallest absolute Gasteiger partial charge is 0.267 e. The second-order valence-electron chi connectivity index (χ2n) is 6.55. The standard InChI is InChI=1S/C20H20FN7O3/c1-2-13(16(22)29)26-20-27-18(14(17(23)30)19(31)28-20)25-11-6-3-5-10(9-11)15-12(21)7-4-8-24-15/h3-9,13H,2H2,1H3,(H2,22,29)(H2,23,30)(H3,25,26,27,28,31). The molecular formula is C20H20FN7O3. The highest BCUT2D eigenvalue weighted by Crippen LogP contribution is 2.25. The van der Waals surface area contributed by atoms with Gasteiger partial charge in [0.25, 0.3) is 11.5 Å². The maximum atomic E-state index is 14.1. The Bertz CT molecular complexity index is 1200. The van der Waals surface area contributed by atoms with Crippen LogP contribution >= 0.6 is 0 Å². The summed E-state index contributed by atoms with van der Waals surface area (Å²) in [6.45, 7) is 1.72. The van der Waals surface area contributed by atoms with Crippen molar-refractivity contribution in [3.05, 3.63) is 64.3 Å². The Morgan fingerprint density at radius 1 is 1.23 bits per heavy atom. The second kappa shape index (κ2) is 9.03. The lowest BCUT2D eigenvalue weighted by atomic mass is 10.1. The number of primary amides is 2. The molecule has 0 aliphatic heterocycles. The molecule has 10 nitrogen and oxygen atoms in total. The number of nitrogens with one attached hydrogen (secondary N) is 3. The van der Waals surface area contributed by atoms with E-state index in [1.54, 1.807) is 31.2 Å². The minimum Gasteiger partial charge on any atom is -0.368 e. The van der Waals surface area contributed by atoms with Gasteiger partial charge in [-0.05, 0) is 30.7 Å². The van der Waals surface area contributed by atoms with E-state index in [-0.39, 0.29) is 17.5 Å². The summed E-state index contributed by atoms with van der Waals surface area (Å²) in [6, 6.07) is 8.47. The minimum absolute atomic E-state index is 0.0740. The van der Waals surface area contributed by atoms with Crippen LogP contribution in [0.15, 0.2) is 47.4 Å². The first-order valence-electron chi connectivity index (χ1n) is 9.28. The van der Waals surface area contributed by atoms with Gasteiger partial charge in [-0.15, -0.1) is 0 Å². The number of amides is 2. The van der Waals surface area contributed by atoms with E-state index in [0.717, 1.165) is 0 Å². The molecule has 0 bridgehead atoms. The van der Waals surface area contributed by atoms with Crippen LogP contribution in [-0.4, -0.2) is 32.8 Å². The summed E-state index contributed by atoms with van der Waals surface area (Å²) in [7, 11) is 0. The molecule has 3 aromatic rings. The molecule has 0 spiro atoms. The number of nitrogens with two attached hydrogens (primary N) is 2. The van der Waals surface area contributed by atoms with Crippen LogP contribution in [0.5, 0.6) is 0 Å². The molecule has 2 aromatic heterocycles. The number of aromatic amines is 1. The Hall–Kier alpha value is -4.28. The molecule has 1 unspecified atom stereocenters. The number of halogens is 1. The van der Waals surface area contributed by atoms with Gasteiger partial charge in [0.05, 0.1) is 0 Å². The van der Waals surface area contributed by atoms with E-state index in [0.29, 0.717) is 17.7 Å². The summed E-state index contributed by atoms with van der Waals surface area (Å²) in [5.74, 6) is -2.36. The van der Waals surface area contributed by atoms with Gasteiger partial charge in [0.15, 0.2) is 5.82 Å². The molecule has 160 valence electrons. The first-order chi connectivity index (χ1) is 14.8. The summed E-state index contributed by atoms with van der Waals surface area (Å²) in [6.07, 6.45) is 1.81. The number of pyridine rings is 1. The lowest BCUT2D eigenvalue weighted by molar-refractivity contribution is -0.118. The highest BCUT2D eigenvalue weighted by Gasteiger charge is 2.20. The van der Waals surface area contributed by atoms with Crippen LogP contribution in [0.2, 0.25) is 0 Å². The number of rotatable bonds is 8. The fraction of sp³-hybridized carbons (Fsp3) is 0.150. The lowest BCUT2D eigenvalue weighted by Crippen LogP contribution is -2.36. The molecule has 1 atom stereocenters. The van der Waals surface area contributed by atoms with E-state index in [1.807, 2.05) is 0 Å². The van der Waals surface area contributed by atoms with Crippen LogP contribution in [0.3, 0.4) is 0 Å². The third-order valence-electron chi connectivity index (χ3n) is 4.39. The molecule has 2 amide bonds. The highest BCUT2D eigenvalue weighted by molar-refractivity contribution is 5.98. The van der Waals surface area contributed by atoms with Crippen LogP contribution in [0, 0.1) is 5.82 Å². The maximum Gasteiger partial charge on any atom is 0.267 e. The quantitative estimate of drug-likeness (QED) is 0.364. The van der Waals surface area contributed by atoms with Crippen LogP contribution in [0.25, 0.3) is 11.3 Å². The van der Waals surface area contributed by atoms with Gasteiger partial charge >= 0.3 is 0 Å². The summed E-state index contributed by atoms with van der Waals surface area (Å²) in [5.41, 5.74) is 10.4. The zero-order chi connectivity index (χ0) is 22.5. The Balaban J connectivity index is 2.01. The van der Waals surface area contributed by atoms with E-state index in [1.165, 1.54) is 18.3 Å². The van der Waals surface area contributed by atoms with Crippen LogP contribution < -0.4 is 27.7 Å². The molecular weight excluding hydrogens is 405 g/mol. The summed E-state index contributed by atoms with van der Waals surface area (Å²) >= 11 is 0. The van der Waals surface area contributed by atoms with Crippen molar-refractivity contribution in [2.75, 3.05) is 10.6 Å². The maximum absolute atomic E-state index is 14.1. The molecule has 0 radical (unpaired) electrons. The lowest BCUT2D eigenvalue weighted by Gasteiger charge is -2.16. The van der Waals surface area contributed by atoms with Gasteiger partial charge < -0.3 is 22.1 Å². The van der Waals surface area contributed by atoms with Crippen molar-refractivity contribution in [1.82, 2.24) is 15.0 Å². The predicted molar refractivity (Wildman–Crippen MR) is 113 cm³/mol. The van der Waals surface area contributed by atoms with Gasteiger partial charge in [-0.3, -0.25) is 24.4 Å². The van der Waals surface area contributed by atoms with Gasteiger partial charge in [0.2, 0.25) is 11.9 Å². The van der Waals surface area contributed by atoms with E-state index in [4.69, 9.17) is 11.5 Å². The van der Waals surface area contributed by atoms with E-state index < -0.39 is 34.8 Å². The summed E-state index contributed by atoms with van der Waals surface area (Å²) < 4.78 is 14.1. The van der Waals surface area contributed by atoms with Crippen LogP contribution in [0.1, 0.15) is 23.7 Å². The van der Waals surface area contributed by atoms with Crippen LogP contribution in [-0.2, 0) is 4.79 Å². The summed E-state index contributed by atoms with van der Waals surface area (Å²) in [4.78, 5) is 46.3. The number of aromatic nitrogens is 3. The SMILES string of the molecule is CCC(Nc1nc(Nc2cccc(-c3ncccc3F)c2)c(C(N)=O)c(=O)[nH]1)C(N)=O. The third-order valence-corrected chi connectivity index (χ3v) is 4.39. The molecule has 7 N–H and O–H groups in total. The average Bonchev–Trinajstić information content (AvgIpc) is 2.71. The molecule has 0 aliphatic carbocycles. The first-order valence-corrected chi connectivity index (χ1v) is 9.28. The van der Waals surface area contributed by atoms with Gasteiger partial charge in [-0.1, -0.05) is 19.1 Å². The average molecular weight is 425 g/mol. The number of hydrogen-bond acceptors (Lipinski definition) is 7. The Kier molecular flexibility index (Phi) is 6.24. The molecule has 0 saturated heterocycles. The monoisotopic (exact) mass is 425 g/mol. The topological polar surface area (TPSA) is 169 Å². The molecule has 31 heavy (non-hydrogen) atoms. The fourth-order valence-electron chi connectivity index (χ4n) is 2.88. The number of carbonyl (C=O) groups is 2. The van der Waals surface area contributed by atoms with E-state index in [2.05, 4.69) is 25.6 Å². The molecule has 2 heterocycles. The number of hydrogen-bond donors (Lipinski definition) is 5. The molecule has 1 aromatic carbocycles. The van der Waals surface area contributed by atoms with Gasteiger partial charge in [-0.2, -0.15) is 4.98 Å². The van der Waals surface area contributed by atoms with Crippen molar-refractivity contribution >= 4 is 29.3 Å². The van der Waals surface area contributed by atoms with Gasteiger partial charge in [0.1, 0.15) is 23.1 Å². The first kappa shape index (κ1) is 21.4. The van der Waals surface area contributed by atoms with Crippen molar-refractivity contribution in [2.45, 2.75) is 19.4 Å². The van der Waals surface area contributed by atoms with Crippen molar-refractivity contribution < 1.29 is 14.0 Å². The molecule has 11 heteroatoms. The Labute approximate surface area is 175 Å². The largest absolute Gasteiger partial charge is 0.368 e. The number of carbonyl (C=O) groups excluding carboxylic acids is 2. The Morgan fingerprint density at radius 3 is 2.65 bits per heavy atom. The number of H-pyrrole nitrogens is 1. The zero-order valence-electron chi connectivity index (χ0n) is 16.5. The fourth-order valence-corrected chi connectivity index (χ4v) is 2.88. The third kappa shape index (κ3) is 4.83. The van der Waals surface area contributed by atoms with Crippen molar-refractivity contribution in [3.63, 3.8) is 0 Å². The number of nitrogens with zero attached hydrogens (tertiary/aromatic N) is 2. The normalized spacial score (nSPS) is 11.5. The van der Waals surface area contributed by atoms with E-state index >= 15 is 0 Å². The second-order valence-corrected chi connectivity index (χ2v) is 6.55. The molecule has 0 saturated carbocycles.